The maximum Gasteiger partial charge on any atom is 0.342 e. The van der Waals surface area contributed by atoms with Crippen LogP contribution >= 0.6 is 0 Å². The van der Waals surface area contributed by atoms with Gasteiger partial charge < -0.3 is 9.47 Å². The second kappa shape index (κ2) is 6.71. The van der Waals surface area contributed by atoms with Gasteiger partial charge in [-0.3, -0.25) is 10.1 Å². The largest absolute Gasteiger partial charge is 0.490 e. The number of methoxy groups -OCH3 is 1. The fourth-order valence-electron chi connectivity index (χ4n) is 2.12. The number of carbonyl (C=O) groups is 1. The highest BCUT2D eigenvalue weighted by molar-refractivity contribution is 5.96. The zero-order valence-corrected chi connectivity index (χ0v) is 12.2. The highest BCUT2D eigenvalue weighted by Crippen LogP contribution is 2.36. The number of nitrogens with zero attached hydrogens (tertiary/aromatic N) is 1. The lowest BCUT2D eigenvalue weighted by atomic mass is 10.0. The first-order valence-corrected chi connectivity index (χ1v) is 6.67. The quantitative estimate of drug-likeness (QED) is 0.480. The van der Waals surface area contributed by atoms with E-state index >= 15 is 0 Å². The van der Waals surface area contributed by atoms with E-state index in [1.165, 1.54) is 13.2 Å². The summed E-state index contributed by atoms with van der Waals surface area (Å²) in [6.07, 6.45) is 0. The zero-order valence-electron chi connectivity index (χ0n) is 12.2. The predicted octanol–water partition coefficient (Wildman–Crippen LogP) is 3.45. The van der Waals surface area contributed by atoms with Crippen molar-refractivity contribution in [3.63, 3.8) is 0 Å². The van der Waals surface area contributed by atoms with Gasteiger partial charge in [0.05, 0.1) is 18.6 Å². The van der Waals surface area contributed by atoms with Crippen LogP contribution in [0.1, 0.15) is 17.3 Å². The fourth-order valence-corrected chi connectivity index (χ4v) is 2.12. The van der Waals surface area contributed by atoms with Crippen molar-refractivity contribution in [3.8, 4) is 16.9 Å². The molecular formula is C16H15NO5. The molecule has 22 heavy (non-hydrogen) atoms. The number of esters is 1. The van der Waals surface area contributed by atoms with Crippen LogP contribution in [-0.2, 0) is 4.74 Å². The highest BCUT2D eigenvalue weighted by atomic mass is 16.6. The van der Waals surface area contributed by atoms with E-state index in [4.69, 9.17) is 9.47 Å². The van der Waals surface area contributed by atoms with Crippen LogP contribution in [0.3, 0.4) is 0 Å². The van der Waals surface area contributed by atoms with Gasteiger partial charge in [0.15, 0.2) is 0 Å². The molecule has 0 fully saturated rings. The van der Waals surface area contributed by atoms with Crippen LogP contribution in [0.4, 0.5) is 5.69 Å². The molecule has 0 aliphatic rings. The third-order valence-electron chi connectivity index (χ3n) is 3.07. The Morgan fingerprint density at radius 3 is 2.41 bits per heavy atom. The third kappa shape index (κ3) is 3.06. The van der Waals surface area contributed by atoms with Gasteiger partial charge in [-0.1, -0.05) is 30.3 Å². The molecule has 0 saturated carbocycles. The number of nitro benzene ring substituents is 1. The van der Waals surface area contributed by atoms with Gasteiger partial charge in [-0.05, 0) is 24.1 Å². The van der Waals surface area contributed by atoms with E-state index < -0.39 is 10.9 Å². The molecule has 0 aliphatic heterocycles. The average molecular weight is 301 g/mol. The molecule has 0 atom stereocenters. The Kier molecular flexibility index (Phi) is 4.73. The Balaban J connectivity index is 2.67. The molecule has 6 nitrogen and oxygen atoms in total. The molecule has 2 aromatic rings. The van der Waals surface area contributed by atoms with Gasteiger partial charge in [0, 0.05) is 6.07 Å². The van der Waals surface area contributed by atoms with Crippen molar-refractivity contribution in [2.75, 3.05) is 13.7 Å². The maximum atomic E-state index is 12.1. The zero-order chi connectivity index (χ0) is 16.1. The first-order chi connectivity index (χ1) is 10.6. The van der Waals surface area contributed by atoms with Crippen LogP contribution in [0, 0.1) is 10.1 Å². The van der Waals surface area contributed by atoms with Crippen molar-refractivity contribution in [1.29, 1.82) is 0 Å². The monoisotopic (exact) mass is 301 g/mol. The van der Waals surface area contributed by atoms with Crippen molar-refractivity contribution in [3.05, 3.63) is 58.1 Å². The summed E-state index contributed by atoms with van der Waals surface area (Å²) in [5.74, 6) is -0.747. The average Bonchev–Trinajstić information content (AvgIpc) is 2.54. The van der Waals surface area contributed by atoms with Crippen molar-refractivity contribution < 1.29 is 19.2 Å². The molecule has 0 aromatic heterocycles. The Morgan fingerprint density at radius 2 is 1.86 bits per heavy atom. The second-order valence-corrected chi connectivity index (χ2v) is 4.42. The number of ether oxygens (including phenoxy) is 2. The number of nitro groups is 1. The predicted molar refractivity (Wildman–Crippen MR) is 81.0 cm³/mol. The molecule has 2 aromatic carbocycles. The summed E-state index contributed by atoms with van der Waals surface area (Å²) in [6, 6.07) is 12.0. The van der Waals surface area contributed by atoms with E-state index in [9.17, 15) is 14.9 Å². The molecule has 0 heterocycles. The van der Waals surface area contributed by atoms with Crippen molar-refractivity contribution in [2.24, 2.45) is 0 Å². The lowest BCUT2D eigenvalue weighted by molar-refractivity contribution is -0.385. The standard InChI is InChI=1S/C16H15NO5/c1-3-22-16(18)13-9-12(11-7-5-4-6-8-11)10-14(17(19)20)15(13)21-2/h4-10H,3H2,1-2H3. The highest BCUT2D eigenvalue weighted by Gasteiger charge is 2.25. The first kappa shape index (κ1) is 15.5. The number of hydrogen-bond donors (Lipinski definition) is 0. The van der Waals surface area contributed by atoms with Crippen LogP contribution in [0.5, 0.6) is 5.75 Å². The minimum absolute atomic E-state index is 0.0393. The molecule has 6 heteroatoms. The Labute approximate surface area is 127 Å². The molecule has 0 saturated heterocycles. The van der Waals surface area contributed by atoms with Crippen molar-refractivity contribution in [2.45, 2.75) is 6.92 Å². The number of benzene rings is 2. The Morgan fingerprint density at radius 1 is 1.18 bits per heavy atom. The van der Waals surface area contributed by atoms with E-state index in [0.29, 0.717) is 5.56 Å². The summed E-state index contributed by atoms with van der Waals surface area (Å²) in [4.78, 5) is 22.8. The van der Waals surface area contributed by atoms with E-state index in [-0.39, 0.29) is 23.6 Å². The molecule has 0 N–H and O–H groups in total. The van der Waals surface area contributed by atoms with E-state index in [2.05, 4.69) is 0 Å². The maximum absolute atomic E-state index is 12.1. The molecule has 0 aliphatic carbocycles. The summed E-state index contributed by atoms with van der Waals surface area (Å²) in [7, 11) is 1.28. The fraction of sp³-hybridized carbons (Fsp3) is 0.188. The van der Waals surface area contributed by atoms with Gasteiger partial charge >= 0.3 is 11.7 Å². The molecule has 0 radical (unpaired) electrons. The van der Waals surface area contributed by atoms with Crippen LogP contribution in [0.25, 0.3) is 11.1 Å². The van der Waals surface area contributed by atoms with Gasteiger partial charge in [-0.15, -0.1) is 0 Å². The SMILES string of the molecule is CCOC(=O)c1cc(-c2ccccc2)cc([N+](=O)[O-])c1OC. The molecule has 0 unspecified atom stereocenters. The topological polar surface area (TPSA) is 78.7 Å². The summed E-state index contributed by atoms with van der Waals surface area (Å²) >= 11 is 0. The second-order valence-electron chi connectivity index (χ2n) is 4.42. The summed E-state index contributed by atoms with van der Waals surface area (Å²) < 4.78 is 10.0. The van der Waals surface area contributed by atoms with E-state index in [1.807, 2.05) is 18.2 Å². The Hall–Kier alpha value is -2.89. The molecule has 0 spiro atoms. The number of carbonyl (C=O) groups excluding carboxylic acids is 1. The van der Waals surface area contributed by atoms with Crippen LogP contribution < -0.4 is 4.74 Å². The van der Waals surface area contributed by atoms with Gasteiger partial charge in [-0.25, -0.2) is 4.79 Å². The Bertz CT molecular complexity index is 697. The van der Waals surface area contributed by atoms with E-state index in [0.717, 1.165) is 5.56 Å². The molecule has 0 amide bonds. The number of hydrogen-bond acceptors (Lipinski definition) is 5. The summed E-state index contributed by atoms with van der Waals surface area (Å²) in [5, 5.41) is 11.3. The summed E-state index contributed by atoms with van der Waals surface area (Å²) in [6.45, 7) is 1.84. The first-order valence-electron chi connectivity index (χ1n) is 6.67. The van der Waals surface area contributed by atoms with Gasteiger partial charge in [0.2, 0.25) is 5.75 Å². The molecule has 2 rings (SSSR count). The summed E-state index contributed by atoms with van der Waals surface area (Å²) in [5.41, 5.74) is 1.08. The van der Waals surface area contributed by atoms with Gasteiger partial charge in [-0.2, -0.15) is 0 Å². The lowest BCUT2D eigenvalue weighted by Crippen LogP contribution is -2.08. The number of rotatable bonds is 5. The molecule has 114 valence electrons. The molecule has 0 bridgehead atoms. The van der Waals surface area contributed by atoms with Gasteiger partial charge in [0.25, 0.3) is 0 Å². The smallest absolute Gasteiger partial charge is 0.342 e. The van der Waals surface area contributed by atoms with Crippen LogP contribution in [0.15, 0.2) is 42.5 Å². The van der Waals surface area contributed by atoms with Crippen LogP contribution in [-0.4, -0.2) is 24.6 Å². The van der Waals surface area contributed by atoms with Gasteiger partial charge in [0.1, 0.15) is 5.56 Å². The van der Waals surface area contributed by atoms with E-state index in [1.54, 1.807) is 25.1 Å². The van der Waals surface area contributed by atoms with Crippen molar-refractivity contribution >= 4 is 11.7 Å². The minimum Gasteiger partial charge on any atom is -0.490 e. The lowest BCUT2D eigenvalue weighted by Gasteiger charge is -2.11. The minimum atomic E-state index is -0.653. The van der Waals surface area contributed by atoms with Crippen molar-refractivity contribution in [1.82, 2.24) is 0 Å². The normalized spacial score (nSPS) is 10.1. The van der Waals surface area contributed by atoms with Crippen LogP contribution in [0.2, 0.25) is 0 Å². The third-order valence-corrected chi connectivity index (χ3v) is 3.07. The molecular weight excluding hydrogens is 286 g/mol.